The molecule has 1 N–H and O–H groups in total. The summed E-state index contributed by atoms with van der Waals surface area (Å²) in [6, 6.07) is 3.77. The quantitative estimate of drug-likeness (QED) is 0.788. The SMILES string of the molecule is Cc1cc2c(cc1F)NC(=O)C1CC3CCCCC3N21. The van der Waals surface area contributed by atoms with Crippen molar-refractivity contribution >= 4 is 17.3 Å². The molecule has 106 valence electrons. The molecular weight excluding hydrogens is 255 g/mol. The van der Waals surface area contributed by atoms with E-state index < -0.39 is 0 Å². The van der Waals surface area contributed by atoms with Gasteiger partial charge in [-0.1, -0.05) is 12.8 Å². The number of hydrogen-bond acceptors (Lipinski definition) is 2. The number of fused-ring (bicyclic) bond motifs is 5. The van der Waals surface area contributed by atoms with Crippen LogP contribution in [-0.2, 0) is 4.79 Å². The number of hydrogen-bond donors (Lipinski definition) is 1. The van der Waals surface area contributed by atoms with E-state index in [1.807, 2.05) is 6.07 Å². The third-order valence-corrected chi connectivity index (χ3v) is 5.20. The molecule has 1 aromatic carbocycles. The second-order valence-electron chi connectivity index (χ2n) is 6.38. The molecule has 3 unspecified atom stereocenters. The Morgan fingerprint density at radius 3 is 2.95 bits per heavy atom. The number of halogens is 1. The Morgan fingerprint density at radius 2 is 2.10 bits per heavy atom. The van der Waals surface area contributed by atoms with Crippen molar-refractivity contribution < 1.29 is 9.18 Å². The second kappa shape index (κ2) is 4.21. The van der Waals surface area contributed by atoms with Crippen LogP contribution >= 0.6 is 0 Å². The van der Waals surface area contributed by atoms with Crippen molar-refractivity contribution in [2.75, 3.05) is 10.2 Å². The number of amides is 1. The molecule has 4 heteroatoms. The largest absolute Gasteiger partial charge is 0.355 e. The number of rotatable bonds is 0. The lowest BCUT2D eigenvalue weighted by atomic mass is 9.84. The molecule has 0 bridgehead atoms. The van der Waals surface area contributed by atoms with Gasteiger partial charge in [0, 0.05) is 6.04 Å². The Balaban J connectivity index is 1.83. The predicted octanol–water partition coefficient (Wildman–Crippen LogP) is 3.22. The Hall–Kier alpha value is -1.58. The van der Waals surface area contributed by atoms with E-state index in [1.165, 1.54) is 25.3 Å². The van der Waals surface area contributed by atoms with E-state index in [0.717, 1.165) is 18.5 Å². The Labute approximate surface area is 118 Å². The zero-order valence-corrected chi connectivity index (χ0v) is 11.7. The maximum absolute atomic E-state index is 13.7. The number of nitrogens with one attached hydrogen (secondary N) is 1. The van der Waals surface area contributed by atoms with Gasteiger partial charge < -0.3 is 10.2 Å². The predicted molar refractivity (Wildman–Crippen MR) is 76.4 cm³/mol. The second-order valence-corrected chi connectivity index (χ2v) is 6.38. The van der Waals surface area contributed by atoms with Crippen LogP contribution in [0.3, 0.4) is 0 Å². The lowest BCUT2D eigenvalue weighted by Crippen LogP contribution is -2.48. The van der Waals surface area contributed by atoms with Gasteiger partial charge in [0.1, 0.15) is 11.9 Å². The summed E-state index contributed by atoms with van der Waals surface area (Å²) in [5.41, 5.74) is 2.31. The van der Waals surface area contributed by atoms with Crippen molar-refractivity contribution in [3.63, 3.8) is 0 Å². The lowest BCUT2D eigenvalue weighted by Gasteiger charge is -2.39. The highest BCUT2D eigenvalue weighted by Gasteiger charge is 2.48. The first kappa shape index (κ1) is 12.2. The molecule has 4 rings (SSSR count). The maximum atomic E-state index is 13.7. The molecule has 3 atom stereocenters. The molecule has 2 heterocycles. The average Bonchev–Trinajstić information content (AvgIpc) is 2.82. The molecule has 20 heavy (non-hydrogen) atoms. The van der Waals surface area contributed by atoms with E-state index in [1.54, 1.807) is 6.92 Å². The van der Waals surface area contributed by atoms with Crippen LogP contribution in [0.15, 0.2) is 12.1 Å². The minimum Gasteiger partial charge on any atom is -0.355 e. The molecule has 3 aliphatic rings. The molecule has 1 aromatic rings. The van der Waals surface area contributed by atoms with Crippen molar-refractivity contribution in [2.45, 2.75) is 51.1 Å². The molecule has 2 aliphatic heterocycles. The first-order valence-electron chi connectivity index (χ1n) is 7.54. The Bertz CT molecular complexity index is 586. The van der Waals surface area contributed by atoms with Gasteiger partial charge in [0.25, 0.3) is 0 Å². The number of carbonyl (C=O) groups excluding carboxylic acids is 1. The first-order valence-corrected chi connectivity index (χ1v) is 7.54. The summed E-state index contributed by atoms with van der Waals surface area (Å²) in [5, 5.41) is 2.89. The molecule has 0 spiro atoms. The van der Waals surface area contributed by atoms with E-state index >= 15 is 0 Å². The van der Waals surface area contributed by atoms with E-state index in [9.17, 15) is 9.18 Å². The molecule has 1 amide bonds. The first-order chi connectivity index (χ1) is 9.65. The lowest BCUT2D eigenvalue weighted by molar-refractivity contribution is -0.117. The number of benzene rings is 1. The van der Waals surface area contributed by atoms with Gasteiger partial charge in [-0.15, -0.1) is 0 Å². The fraction of sp³-hybridized carbons (Fsp3) is 0.562. The summed E-state index contributed by atoms with van der Waals surface area (Å²) in [7, 11) is 0. The summed E-state index contributed by atoms with van der Waals surface area (Å²) < 4.78 is 13.7. The number of aryl methyl sites for hydroxylation is 1. The fourth-order valence-electron chi connectivity index (χ4n) is 4.24. The molecule has 1 aliphatic carbocycles. The van der Waals surface area contributed by atoms with Crippen LogP contribution in [0.5, 0.6) is 0 Å². The highest BCUT2D eigenvalue weighted by atomic mass is 19.1. The van der Waals surface area contributed by atoms with Crippen LogP contribution < -0.4 is 10.2 Å². The minimum atomic E-state index is -0.248. The van der Waals surface area contributed by atoms with E-state index in [-0.39, 0.29) is 17.8 Å². The van der Waals surface area contributed by atoms with Crippen LogP contribution in [0.1, 0.15) is 37.7 Å². The molecule has 2 fully saturated rings. The van der Waals surface area contributed by atoms with Crippen molar-refractivity contribution in [2.24, 2.45) is 5.92 Å². The number of carbonyl (C=O) groups is 1. The molecule has 1 saturated heterocycles. The highest BCUT2D eigenvalue weighted by molar-refractivity contribution is 6.04. The van der Waals surface area contributed by atoms with Gasteiger partial charge in [-0.2, -0.15) is 0 Å². The van der Waals surface area contributed by atoms with Crippen molar-refractivity contribution in [3.8, 4) is 0 Å². The summed E-state index contributed by atoms with van der Waals surface area (Å²) in [4.78, 5) is 14.6. The Kier molecular flexibility index (Phi) is 2.56. The monoisotopic (exact) mass is 274 g/mol. The molecule has 1 saturated carbocycles. The van der Waals surface area contributed by atoms with E-state index in [0.29, 0.717) is 23.2 Å². The van der Waals surface area contributed by atoms with Gasteiger partial charge in [-0.25, -0.2) is 4.39 Å². The van der Waals surface area contributed by atoms with Gasteiger partial charge in [-0.3, -0.25) is 4.79 Å². The zero-order valence-electron chi connectivity index (χ0n) is 11.7. The fourth-order valence-corrected chi connectivity index (χ4v) is 4.24. The van der Waals surface area contributed by atoms with Crippen LogP contribution in [0.4, 0.5) is 15.8 Å². The summed E-state index contributed by atoms with van der Waals surface area (Å²) >= 11 is 0. The topological polar surface area (TPSA) is 32.3 Å². The van der Waals surface area contributed by atoms with Crippen molar-refractivity contribution in [1.82, 2.24) is 0 Å². The highest BCUT2D eigenvalue weighted by Crippen LogP contribution is 2.47. The molecule has 0 aromatic heterocycles. The normalized spacial score (nSPS) is 31.4. The number of nitrogens with zero attached hydrogens (tertiary/aromatic N) is 1. The van der Waals surface area contributed by atoms with Crippen LogP contribution in [0, 0.1) is 18.7 Å². The standard InChI is InChI=1S/C16H19FN2O/c1-9-6-14-12(8-11(9)17)18-16(20)15-7-10-4-2-3-5-13(10)19(14)15/h6,8,10,13,15H,2-5,7H2,1H3,(H,18,20). The van der Waals surface area contributed by atoms with Gasteiger partial charge in [0.15, 0.2) is 0 Å². The van der Waals surface area contributed by atoms with E-state index in [4.69, 9.17) is 0 Å². The van der Waals surface area contributed by atoms with Gasteiger partial charge in [0.05, 0.1) is 11.4 Å². The van der Waals surface area contributed by atoms with Gasteiger partial charge in [0.2, 0.25) is 5.91 Å². The summed E-state index contributed by atoms with van der Waals surface area (Å²) in [6.45, 7) is 1.79. The Morgan fingerprint density at radius 1 is 1.30 bits per heavy atom. The third-order valence-electron chi connectivity index (χ3n) is 5.20. The summed E-state index contributed by atoms with van der Waals surface area (Å²) in [6.07, 6.45) is 5.84. The average molecular weight is 274 g/mol. The van der Waals surface area contributed by atoms with Gasteiger partial charge >= 0.3 is 0 Å². The molecule has 0 radical (unpaired) electrons. The van der Waals surface area contributed by atoms with Crippen LogP contribution in [0.2, 0.25) is 0 Å². The minimum absolute atomic E-state index is 0.0372. The van der Waals surface area contributed by atoms with Crippen molar-refractivity contribution in [1.29, 1.82) is 0 Å². The smallest absolute Gasteiger partial charge is 0.247 e. The molecular formula is C16H19FN2O. The van der Waals surface area contributed by atoms with Gasteiger partial charge in [-0.05, 0) is 49.8 Å². The van der Waals surface area contributed by atoms with Crippen molar-refractivity contribution in [3.05, 3.63) is 23.5 Å². The van der Waals surface area contributed by atoms with Crippen LogP contribution in [-0.4, -0.2) is 18.0 Å². The maximum Gasteiger partial charge on any atom is 0.247 e. The van der Waals surface area contributed by atoms with Crippen LogP contribution in [0.25, 0.3) is 0 Å². The number of anilines is 2. The van der Waals surface area contributed by atoms with E-state index in [2.05, 4.69) is 10.2 Å². The zero-order chi connectivity index (χ0) is 13.9. The summed E-state index contributed by atoms with van der Waals surface area (Å²) in [5.74, 6) is 0.410. The molecule has 3 nitrogen and oxygen atoms in total. The third kappa shape index (κ3) is 1.60.